The molecule has 0 radical (unpaired) electrons. The Bertz CT molecular complexity index is 936. The Morgan fingerprint density at radius 1 is 0.935 bits per heavy atom. The van der Waals surface area contributed by atoms with Crippen LogP contribution < -0.4 is 10.6 Å². The molecular weight excluding hydrogens is 396 g/mol. The van der Waals surface area contributed by atoms with Crippen LogP contribution in [0.4, 0.5) is 0 Å². The second-order valence-corrected chi connectivity index (χ2v) is 9.18. The zero-order valence-electron chi connectivity index (χ0n) is 17.6. The fourth-order valence-corrected chi connectivity index (χ4v) is 5.00. The van der Waals surface area contributed by atoms with Crippen molar-refractivity contribution < 1.29 is 19.2 Å². The summed E-state index contributed by atoms with van der Waals surface area (Å²) in [6.45, 7) is 3.90. The summed E-state index contributed by atoms with van der Waals surface area (Å²) in [5.41, 5.74) is 1.72. The van der Waals surface area contributed by atoms with Crippen molar-refractivity contribution in [1.82, 2.24) is 20.4 Å². The predicted octanol–water partition coefficient (Wildman–Crippen LogP) is 1.05. The first kappa shape index (κ1) is 20.3. The van der Waals surface area contributed by atoms with Gasteiger partial charge in [0.25, 0.3) is 11.8 Å². The van der Waals surface area contributed by atoms with Crippen LogP contribution in [-0.4, -0.2) is 65.1 Å². The first-order chi connectivity index (χ1) is 15.0. The van der Waals surface area contributed by atoms with E-state index in [2.05, 4.69) is 15.5 Å². The van der Waals surface area contributed by atoms with Gasteiger partial charge in [-0.2, -0.15) is 0 Å². The summed E-state index contributed by atoms with van der Waals surface area (Å²) < 4.78 is 0. The van der Waals surface area contributed by atoms with Crippen molar-refractivity contribution in [2.24, 2.45) is 5.92 Å². The van der Waals surface area contributed by atoms with Crippen LogP contribution in [0.15, 0.2) is 18.2 Å². The van der Waals surface area contributed by atoms with Crippen molar-refractivity contribution in [3.8, 4) is 0 Å². The molecule has 8 nitrogen and oxygen atoms in total. The van der Waals surface area contributed by atoms with E-state index in [1.165, 1.54) is 12.8 Å². The minimum atomic E-state index is -0.922. The number of nitrogens with zero attached hydrogens (tertiary/aromatic N) is 2. The van der Waals surface area contributed by atoms with Gasteiger partial charge in [0.05, 0.1) is 11.1 Å². The molecule has 5 rings (SSSR count). The maximum Gasteiger partial charge on any atom is 0.262 e. The van der Waals surface area contributed by atoms with Gasteiger partial charge >= 0.3 is 0 Å². The van der Waals surface area contributed by atoms with E-state index in [1.807, 2.05) is 12.1 Å². The number of fused-ring (bicyclic) bond motifs is 1. The molecule has 1 aromatic rings. The minimum Gasteiger partial charge on any atom is -0.317 e. The molecule has 8 heteroatoms. The Balaban J connectivity index is 1.35. The van der Waals surface area contributed by atoms with E-state index in [4.69, 9.17) is 0 Å². The molecule has 0 bridgehead atoms. The molecule has 3 fully saturated rings. The monoisotopic (exact) mass is 424 g/mol. The van der Waals surface area contributed by atoms with Crippen molar-refractivity contribution in [2.75, 3.05) is 19.6 Å². The SMILES string of the molecule is O=C1CCC(N2C(=O)c3ccc(CN(CC4CC4)C4CCNCC4)cc3C2=O)C(=O)N1. The van der Waals surface area contributed by atoms with E-state index in [0.717, 1.165) is 55.4 Å². The zero-order valence-corrected chi connectivity index (χ0v) is 17.6. The Kier molecular flexibility index (Phi) is 5.35. The van der Waals surface area contributed by atoms with Gasteiger partial charge in [0, 0.05) is 25.6 Å². The minimum absolute atomic E-state index is 0.126. The van der Waals surface area contributed by atoms with Crippen LogP contribution in [0, 0.1) is 5.92 Å². The van der Waals surface area contributed by atoms with Gasteiger partial charge in [-0.15, -0.1) is 0 Å². The summed E-state index contributed by atoms with van der Waals surface area (Å²) in [6.07, 6.45) is 5.13. The molecule has 0 spiro atoms. The number of rotatable bonds is 6. The van der Waals surface area contributed by atoms with Gasteiger partial charge < -0.3 is 5.32 Å². The van der Waals surface area contributed by atoms with Gasteiger partial charge in [-0.05, 0) is 68.8 Å². The van der Waals surface area contributed by atoms with Crippen LogP contribution in [0.3, 0.4) is 0 Å². The molecule has 1 aliphatic carbocycles. The van der Waals surface area contributed by atoms with E-state index in [9.17, 15) is 19.2 Å². The van der Waals surface area contributed by atoms with Gasteiger partial charge in [0.1, 0.15) is 6.04 Å². The van der Waals surface area contributed by atoms with E-state index < -0.39 is 23.8 Å². The molecule has 2 N–H and O–H groups in total. The third-order valence-electron chi connectivity index (χ3n) is 6.90. The molecule has 2 saturated heterocycles. The molecule has 4 aliphatic rings. The number of nitrogens with one attached hydrogen (secondary N) is 2. The van der Waals surface area contributed by atoms with E-state index in [1.54, 1.807) is 6.07 Å². The Hall–Kier alpha value is -2.58. The number of carbonyl (C=O) groups is 4. The molecular formula is C23H28N4O4. The zero-order chi connectivity index (χ0) is 21.5. The van der Waals surface area contributed by atoms with Crippen LogP contribution in [-0.2, 0) is 16.1 Å². The highest BCUT2D eigenvalue weighted by Gasteiger charge is 2.44. The van der Waals surface area contributed by atoms with E-state index >= 15 is 0 Å². The molecule has 3 aliphatic heterocycles. The fraction of sp³-hybridized carbons (Fsp3) is 0.565. The first-order valence-corrected chi connectivity index (χ1v) is 11.3. The smallest absolute Gasteiger partial charge is 0.262 e. The lowest BCUT2D eigenvalue weighted by Gasteiger charge is -2.35. The summed E-state index contributed by atoms with van der Waals surface area (Å²) in [6, 6.07) is 5.08. The maximum absolute atomic E-state index is 13.1. The standard InChI is InChI=1S/C23H28N4O4/c28-20-6-5-19(21(29)25-20)27-22(30)17-4-3-15(11-18(17)23(27)31)13-26(12-14-1-2-14)16-7-9-24-10-8-16/h3-4,11,14,16,19,24H,1-2,5-10,12-13H2,(H,25,28,29). The number of carbonyl (C=O) groups excluding carboxylic acids is 4. The van der Waals surface area contributed by atoms with Crippen LogP contribution in [0.25, 0.3) is 0 Å². The molecule has 1 unspecified atom stereocenters. The van der Waals surface area contributed by atoms with Crippen LogP contribution in [0.5, 0.6) is 0 Å². The van der Waals surface area contributed by atoms with Gasteiger partial charge in [0.2, 0.25) is 11.8 Å². The largest absolute Gasteiger partial charge is 0.317 e. The predicted molar refractivity (Wildman–Crippen MR) is 112 cm³/mol. The average Bonchev–Trinajstić information content (AvgIpc) is 3.55. The maximum atomic E-state index is 13.1. The Labute approximate surface area is 181 Å². The summed E-state index contributed by atoms with van der Waals surface area (Å²) in [7, 11) is 0. The summed E-state index contributed by atoms with van der Waals surface area (Å²) in [5.74, 6) is -1.06. The van der Waals surface area contributed by atoms with E-state index in [-0.39, 0.29) is 18.7 Å². The number of imide groups is 2. The highest BCUT2D eigenvalue weighted by Crippen LogP contribution is 2.33. The highest BCUT2D eigenvalue weighted by molar-refractivity contribution is 6.23. The lowest BCUT2D eigenvalue weighted by atomic mass is 10.0. The number of piperidine rings is 2. The first-order valence-electron chi connectivity index (χ1n) is 11.3. The van der Waals surface area contributed by atoms with Crippen molar-refractivity contribution in [3.05, 3.63) is 34.9 Å². The van der Waals surface area contributed by atoms with Gasteiger partial charge in [-0.3, -0.25) is 34.3 Å². The second kappa shape index (κ2) is 8.16. The van der Waals surface area contributed by atoms with Crippen LogP contribution >= 0.6 is 0 Å². The van der Waals surface area contributed by atoms with Crippen molar-refractivity contribution >= 4 is 23.6 Å². The quantitative estimate of drug-likeness (QED) is 0.663. The van der Waals surface area contributed by atoms with Gasteiger partial charge in [0.15, 0.2) is 0 Å². The van der Waals surface area contributed by atoms with Gasteiger partial charge in [-0.1, -0.05) is 6.07 Å². The molecule has 4 amide bonds. The normalized spacial score (nSPS) is 24.7. The molecule has 0 aromatic heterocycles. The molecule has 3 heterocycles. The van der Waals surface area contributed by atoms with Crippen molar-refractivity contribution in [2.45, 2.75) is 57.2 Å². The number of amides is 4. The molecule has 31 heavy (non-hydrogen) atoms. The lowest BCUT2D eigenvalue weighted by Crippen LogP contribution is -2.54. The third-order valence-corrected chi connectivity index (χ3v) is 6.90. The second-order valence-electron chi connectivity index (χ2n) is 9.18. The highest BCUT2D eigenvalue weighted by atomic mass is 16.2. The van der Waals surface area contributed by atoms with E-state index in [0.29, 0.717) is 17.2 Å². The molecule has 164 valence electrons. The number of hydrogen-bond donors (Lipinski definition) is 2. The Morgan fingerprint density at radius 2 is 1.68 bits per heavy atom. The Morgan fingerprint density at radius 3 is 2.39 bits per heavy atom. The van der Waals surface area contributed by atoms with Crippen molar-refractivity contribution in [1.29, 1.82) is 0 Å². The van der Waals surface area contributed by atoms with Crippen molar-refractivity contribution in [3.63, 3.8) is 0 Å². The topological polar surface area (TPSA) is 98.8 Å². The summed E-state index contributed by atoms with van der Waals surface area (Å²) in [4.78, 5) is 53.2. The summed E-state index contributed by atoms with van der Waals surface area (Å²) >= 11 is 0. The fourth-order valence-electron chi connectivity index (χ4n) is 5.00. The van der Waals surface area contributed by atoms with Crippen LogP contribution in [0.1, 0.15) is 64.8 Å². The van der Waals surface area contributed by atoms with Crippen LogP contribution in [0.2, 0.25) is 0 Å². The number of benzene rings is 1. The molecule has 1 saturated carbocycles. The molecule has 1 aromatic carbocycles. The molecule has 1 atom stereocenters. The third kappa shape index (κ3) is 4.02. The summed E-state index contributed by atoms with van der Waals surface area (Å²) in [5, 5.41) is 5.66. The lowest BCUT2D eigenvalue weighted by molar-refractivity contribution is -0.136. The van der Waals surface area contributed by atoms with Gasteiger partial charge in [-0.25, -0.2) is 0 Å². The number of hydrogen-bond acceptors (Lipinski definition) is 6. The average molecular weight is 425 g/mol.